The van der Waals surface area contributed by atoms with E-state index in [1.807, 2.05) is 18.3 Å². The fraction of sp³-hybridized carbons (Fsp3) is 0.333. The average molecular weight is 229 g/mol. The highest BCUT2D eigenvalue weighted by molar-refractivity contribution is 7.12. The molecule has 0 saturated heterocycles. The molecule has 0 amide bonds. The van der Waals surface area contributed by atoms with Gasteiger partial charge in [0.25, 0.3) is 0 Å². The van der Waals surface area contributed by atoms with Crippen LogP contribution in [0.25, 0.3) is 11.4 Å². The van der Waals surface area contributed by atoms with Crippen LogP contribution in [0, 0.1) is 18.3 Å². The molecule has 0 aliphatic heterocycles. The Bertz CT molecular complexity index is 556. The Morgan fingerprint density at radius 2 is 2.38 bits per heavy atom. The van der Waals surface area contributed by atoms with Gasteiger partial charge in [0, 0.05) is 11.1 Å². The summed E-state index contributed by atoms with van der Waals surface area (Å²) in [5.74, 6) is 0. The minimum atomic E-state index is -0.264. The van der Waals surface area contributed by atoms with Crippen molar-refractivity contribution in [1.82, 2.24) is 9.97 Å². The molecule has 2 aromatic rings. The molecule has 1 saturated carbocycles. The van der Waals surface area contributed by atoms with E-state index in [2.05, 4.69) is 23.0 Å². The topological polar surface area (TPSA) is 52.5 Å². The van der Waals surface area contributed by atoms with Crippen molar-refractivity contribution in [2.45, 2.75) is 25.2 Å². The summed E-state index contributed by atoms with van der Waals surface area (Å²) < 4.78 is 0. The maximum absolute atomic E-state index is 9.15. The Morgan fingerprint density at radius 3 is 2.94 bits per heavy atom. The summed E-state index contributed by atoms with van der Waals surface area (Å²) in [7, 11) is 0. The summed E-state index contributed by atoms with van der Waals surface area (Å²) in [4.78, 5) is 8.96. The molecule has 4 heteroatoms. The van der Waals surface area contributed by atoms with E-state index in [-0.39, 0.29) is 5.41 Å². The van der Waals surface area contributed by atoms with Crippen LogP contribution in [0.3, 0.4) is 0 Å². The molecule has 0 atom stereocenters. The molecule has 3 rings (SSSR count). The molecule has 0 spiro atoms. The van der Waals surface area contributed by atoms with Gasteiger partial charge in [0.05, 0.1) is 11.8 Å². The maximum Gasteiger partial charge on any atom is 0.114 e. The monoisotopic (exact) mass is 229 g/mol. The lowest BCUT2D eigenvalue weighted by molar-refractivity contribution is 0.891. The lowest BCUT2D eigenvalue weighted by atomic mass is 10.1. The van der Waals surface area contributed by atoms with Crippen molar-refractivity contribution in [3.05, 3.63) is 28.2 Å². The standard InChI is InChI=1S/C12H11N3S/c1-8-10(9-3-2-6-14-9)15-11(16-8)12(7-13)4-5-12/h2-3,6,14H,4-5H2,1H3. The molecule has 2 heterocycles. The van der Waals surface area contributed by atoms with Crippen LogP contribution >= 0.6 is 11.3 Å². The van der Waals surface area contributed by atoms with Gasteiger partial charge in [0.1, 0.15) is 16.1 Å². The number of rotatable bonds is 2. The molecule has 1 N–H and O–H groups in total. The molecule has 0 bridgehead atoms. The maximum atomic E-state index is 9.15. The van der Waals surface area contributed by atoms with Gasteiger partial charge in [-0.1, -0.05) is 0 Å². The predicted molar refractivity (Wildman–Crippen MR) is 63.2 cm³/mol. The first kappa shape index (κ1) is 9.61. The second kappa shape index (κ2) is 3.19. The Morgan fingerprint density at radius 1 is 1.56 bits per heavy atom. The van der Waals surface area contributed by atoms with Crippen molar-refractivity contribution in [2.24, 2.45) is 0 Å². The Balaban J connectivity index is 2.07. The van der Waals surface area contributed by atoms with Gasteiger partial charge in [-0.05, 0) is 31.9 Å². The van der Waals surface area contributed by atoms with Crippen molar-refractivity contribution < 1.29 is 0 Å². The molecule has 1 aliphatic carbocycles. The van der Waals surface area contributed by atoms with Crippen molar-refractivity contribution in [3.63, 3.8) is 0 Å². The zero-order valence-electron chi connectivity index (χ0n) is 8.95. The number of hydrogen-bond acceptors (Lipinski definition) is 3. The number of nitriles is 1. The fourth-order valence-electron chi connectivity index (χ4n) is 1.83. The largest absolute Gasteiger partial charge is 0.360 e. The molecular weight excluding hydrogens is 218 g/mol. The molecule has 3 nitrogen and oxygen atoms in total. The zero-order chi connectivity index (χ0) is 11.2. The van der Waals surface area contributed by atoms with Gasteiger partial charge in [-0.25, -0.2) is 4.98 Å². The molecular formula is C12H11N3S. The predicted octanol–water partition coefficient (Wildman–Crippen LogP) is 3.00. The van der Waals surface area contributed by atoms with E-state index in [4.69, 9.17) is 5.26 Å². The van der Waals surface area contributed by atoms with Gasteiger partial charge < -0.3 is 4.98 Å². The second-order valence-corrected chi connectivity index (χ2v) is 5.40. The van der Waals surface area contributed by atoms with Crippen LogP contribution in [0.4, 0.5) is 0 Å². The summed E-state index contributed by atoms with van der Waals surface area (Å²) in [6.45, 7) is 2.06. The number of thiazole rings is 1. The first-order valence-electron chi connectivity index (χ1n) is 5.28. The summed E-state index contributed by atoms with van der Waals surface area (Å²) >= 11 is 1.65. The van der Waals surface area contributed by atoms with Crippen LogP contribution < -0.4 is 0 Å². The quantitative estimate of drug-likeness (QED) is 0.860. The fourth-order valence-corrected chi connectivity index (χ4v) is 2.95. The molecule has 1 aliphatic rings. The highest BCUT2D eigenvalue weighted by atomic mass is 32.1. The van der Waals surface area contributed by atoms with Crippen LogP contribution in [0.2, 0.25) is 0 Å². The van der Waals surface area contributed by atoms with Gasteiger partial charge in [0.15, 0.2) is 0 Å². The summed E-state index contributed by atoms with van der Waals surface area (Å²) in [6, 6.07) is 6.37. The zero-order valence-corrected chi connectivity index (χ0v) is 9.77. The van der Waals surface area contributed by atoms with E-state index in [0.29, 0.717) is 0 Å². The first-order chi connectivity index (χ1) is 7.75. The lowest BCUT2D eigenvalue weighted by Gasteiger charge is -1.97. The van der Waals surface area contributed by atoms with Crippen molar-refractivity contribution >= 4 is 11.3 Å². The number of aromatic amines is 1. The average Bonchev–Trinajstić information content (AvgIpc) is 2.73. The highest BCUT2D eigenvalue weighted by Gasteiger charge is 2.48. The Labute approximate surface area is 97.8 Å². The van der Waals surface area contributed by atoms with Crippen LogP contribution in [-0.2, 0) is 5.41 Å². The van der Waals surface area contributed by atoms with E-state index in [0.717, 1.165) is 29.2 Å². The van der Waals surface area contributed by atoms with E-state index >= 15 is 0 Å². The third kappa shape index (κ3) is 1.29. The summed E-state index contributed by atoms with van der Waals surface area (Å²) in [6.07, 6.45) is 3.81. The van der Waals surface area contributed by atoms with E-state index < -0.39 is 0 Å². The minimum Gasteiger partial charge on any atom is -0.360 e. The number of nitrogens with zero attached hydrogens (tertiary/aromatic N) is 2. The normalized spacial score (nSPS) is 17.0. The Hall–Kier alpha value is -1.60. The van der Waals surface area contributed by atoms with E-state index in [9.17, 15) is 0 Å². The molecule has 0 unspecified atom stereocenters. The molecule has 1 fully saturated rings. The third-order valence-corrected chi connectivity index (χ3v) is 4.20. The number of aromatic nitrogens is 2. The second-order valence-electron chi connectivity index (χ2n) is 4.20. The minimum absolute atomic E-state index is 0.264. The van der Waals surface area contributed by atoms with E-state index in [1.165, 1.54) is 4.88 Å². The van der Waals surface area contributed by atoms with Crippen molar-refractivity contribution in [1.29, 1.82) is 5.26 Å². The first-order valence-corrected chi connectivity index (χ1v) is 6.10. The van der Waals surface area contributed by atoms with Gasteiger partial charge >= 0.3 is 0 Å². The molecule has 16 heavy (non-hydrogen) atoms. The SMILES string of the molecule is Cc1sc(C2(C#N)CC2)nc1-c1ccc[nH]1. The molecule has 2 aromatic heterocycles. The summed E-state index contributed by atoms with van der Waals surface area (Å²) in [5, 5.41) is 10.1. The molecule has 0 radical (unpaired) electrons. The van der Waals surface area contributed by atoms with Gasteiger partial charge in [-0.15, -0.1) is 11.3 Å². The van der Waals surface area contributed by atoms with Crippen LogP contribution in [-0.4, -0.2) is 9.97 Å². The van der Waals surface area contributed by atoms with Gasteiger partial charge in [0.2, 0.25) is 0 Å². The highest BCUT2D eigenvalue weighted by Crippen LogP contribution is 2.49. The van der Waals surface area contributed by atoms with Crippen LogP contribution in [0.1, 0.15) is 22.7 Å². The van der Waals surface area contributed by atoms with Crippen molar-refractivity contribution in [3.8, 4) is 17.5 Å². The lowest BCUT2D eigenvalue weighted by Crippen LogP contribution is -2.01. The van der Waals surface area contributed by atoms with E-state index in [1.54, 1.807) is 11.3 Å². The smallest absolute Gasteiger partial charge is 0.114 e. The number of hydrogen-bond donors (Lipinski definition) is 1. The van der Waals surface area contributed by atoms with Crippen LogP contribution in [0.5, 0.6) is 0 Å². The van der Waals surface area contributed by atoms with Gasteiger partial charge in [-0.2, -0.15) is 5.26 Å². The van der Waals surface area contributed by atoms with Gasteiger partial charge in [-0.3, -0.25) is 0 Å². The molecule has 80 valence electrons. The van der Waals surface area contributed by atoms with Crippen molar-refractivity contribution in [2.75, 3.05) is 0 Å². The number of aryl methyl sites for hydroxylation is 1. The third-order valence-electron chi connectivity index (χ3n) is 3.02. The summed E-state index contributed by atoms with van der Waals surface area (Å²) in [5.41, 5.74) is 1.76. The number of nitrogens with one attached hydrogen (secondary N) is 1. The van der Waals surface area contributed by atoms with Crippen LogP contribution in [0.15, 0.2) is 18.3 Å². The number of H-pyrrole nitrogens is 1. The Kier molecular flexibility index (Phi) is 1.92. The molecule has 0 aromatic carbocycles.